The Bertz CT molecular complexity index is 696. The van der Waals surface area contributed by atoms with Gasteiger partial charge in [-0.15, -0.1) is 11.3 Å². The van der Waals surface area contributed by atoms with Crippen LogP contribution in [0.2, 0.25) is 0 Å². The molecule has 6 heteroatoms. The van der Waals surface area contributed by atoms with Crippen LogP contribution in [-0.2, 0) is 11.2 Å². The van der Waals surface area contributed by atoms with Gasteiger partial charge in [-0.1, -0.05) is 12.1 Å². The number of thiazole rings is 1. The average molecular weight is 374 g/mol. The number of phenolic OH excluding ortho intramolecular Hbond substituents is 1. The van der Waals surface area contributed by atoms with Gasteiger partial charge in [0.25, 0.3) is 0 Å². The molecule has 140 valence electrons. The van der Waals surface area contributed by atoms with E-state index < -0.39 is 0 Å². The van der Waals surface area contributed by atoms with Gasteiger partial charge in [-0.25, -0.2) is 0 Å². The third-order valence-corrected chi connectivity index (χ3v) is 5.99. The van der Waals surface area contributed by atoms with Crippen LogP contribution in [0.5, 0.6) is 5.75 Å². The zero-order valence-electron chi connectivity index (χ0n) is 15.4. The van der Waals surface area contributed by atoms with Gasteiger partial charge in [0.2, 0.25) is 5.91 Å². The van der Waals surface area contributed by atoms with E-state index in [-0.39, 0.29) is 17.7 Å². The van der Waals surface area contributed by atoms with E-state index in [1.54, 1.807) is 23.5 Å². The number of carbonyl (C=O) groups excluding carboxylic acids is 1. The Hall–Kier alpha value is -1.92. The highest BCUT2D eigenvalue weighted by atomic mass is 32.1. The number of nitrogens with zero attached hydrogens (tertiary/aromatic N) is 2. The predicted octanol–water partition coefficient (Wildman–Crippen LogP) is 3.02. The second-order valence-corrected chi connectivity index (χ2v) is 8.26. The minimum atomic E-state index is 0.118. The molecule has 2 atom stereocenters. The fourth-order valence-corrected chi connectivity index (χ4v) is 4.07. The molecule has 0 aliphatic heterocycles. The zero-order valence-corrected chi connectivity index (χ0v) is 16.2. The molecule has 1 heterocycles. The molecular weight excluding hydrogens is 346 g/mol. The van der Waals surface area contributed by atoms with Gasteiger partial charge in [0.15, 0.2) is 0 Å². The van der Waals surface area contributed by atoms with Crippen LogP contribution in [0.15, 0.2) is 36.0 Å². The molecule has 1 aliphatic carbocycles. The lowest BCUT2D eigenvalue weighted by Crippen LogP contribution is -2.41. The quantitative estimate of drug-likeness (QED) is 0.709. The summed E-state index contributed by atoms with van der Waals surface area (Å²) in [6, 6.07) is 7.48. The van der Waals surface area contributed by atoms with Gasteiger partial charge < -0.3 is 15.3 Å². The summed E-state index contributed by atoms with van der Waals surface area (Å²) in [6.07, 6.45) is 5.73. The number of hydrogen-bond donors (Lipinski definition) is 2. The minimum absolute atomic E-state index is 0.118. The molecule has 2 N–H and O–H groups in total. The summed E-state index contributed by atoms with van der Waals surface area (Å²) < 4.78 is 0. The topological polar surface area (TPSA) is 65.5 Å². The number of benzene rings is 1. The maximum Gasteiger partial charge on any atom is 0.220 e. The van der Waals surface area contributed by atoms with Gasteiger partial charge in [0.05, 0.1) is 5.51 Å². The summed E-state index contributed by atoms with van der Waals surface area (Å²) in [6.45, 7) is 0.618. The Morgan fingerprint density at radius 1 is 1.35 bits per heavy atom. The van der Waals surface area contributed by atoms with Crippen molar-refractivity contribution in [2.75, 3.05) is 20.6 Å². The highest BCUT2D eigenvalue weighted by molar-refractivity contribution is 7.09. The Labute approximate surface area is 159 Å². The molecule has 0 spiro atoms. The third-order valence-electron chi connectivity index (χ3n) is 5.09. The molecule has 3 rings (SSSR count). The van der Waals surface area contributed by atoms with Crippen molar-refractivity contribution >= 4 is 17.2 Å². The molecule has 1 aliphatic rings. The highest BCUT2D eigenvalue weighted by Crippen LogP contribution is 2.45. The molecule has 0 bridgehead atoms. The van der Waals surface area contributed by atoms with E-state index in [4.69, 9.17) is 0 Å². The minimum Gasteiger partial charge on any atom is -0.508 e. The number of carbonyl (C=O) groups is 1. The van der Waals surface area contributed by atoms with Crippen LogP contribution >= 0.6 is 11.3 Å². The largest absolute Gasteiger partial charge is 0.508 e. The lowest BCUT2D eigenvalue weighted by molar-refractivity contribution is -0.121. The highest BCUT2D eigenvalue weighted by Gasteiger charge is 2.34. The molecule has 2 aromatic rings. The molecule has 0 saturated heterocycles. The molecule has 1 fully saturated rings. The molecular formula is C20H27N3O2S. The zero-order chi connectivity index (χ0) is 18.5. The van der Waals surface area contributed by atoms with Crippen molar-refractivity contribution in [1.82, 2.24) is 15.2 Å². The summed E-state index contributed by atoms with van der Waals surface area (Å²) in [5.74, 6) is 1.35. The van der Waals surface area contributed by atoms with Crippen molar-refractivity contribution in [3.05, 3.63) is 46.4 Å². The van der Waals surface area contributed by atoms with Crippen molar-refractivity contribution in [1.29, 1.82) is 0 Å². The summed E-state index contributed by atoms with van der Waals surface area (Å²) in [7, 11) is 4.06. The van der Waals surface area contributed by atoms with E-state index in [9.17, 15) is 9.90 Å². The van der Waals surface area contributed by atoms with E-state index in [0.29, 0.717) is 24.8 Å². The van der Waals surface area contributed by atoms with Crippen LogP contribution < -0.4 is 5.32 Å². The monoisotopic (exact) mass is 373 g/mol. The summed E-state index contributed by atoms with van der Waals surface area (Å²) in [5, 5.41) is 12.5. The normalized spacial score (nSPS) is 16.4. The van der Waals surface area contributed by atoms with Gasteiger partial charge in [0.1, 0.15) is 5.75 Å². The van der Waals surface area contributed by atoms with Crippen molar-refractivity contribution < 1.29 is 9.90 Å². The lowest BCUT2D eigenvalue weighted by atomic mass is 9.97. The number of amides is 1. The van der Waals surface area contributed by atoms with Gasteiger partial charge >= 0.3 is 0 Å². The van der Waals surface area contributed by atoms with Crippen molar-refractivity contribution in [3.63, 3.8) is 0 Å². The van der Waals surface area contributed by atoms with Gasteiger partial charge in [0, 0.05) is 36.0 Å². The van der Waals surface area contributed by atoms with E-state index in [1.807, 2.05) is 37.9 Å². The smallest absolute Gasteiger partial charge is 0.220 e. The fourth-order valence-electron chi connectivity index (χ4n) is 3.25. The fraction of sp³-hybridized carbons (Fsp3) is 0.500. The second kappa shape index (κ2) is 8.64. The maximum atomic E-state index is 12.5. The maximum absolute atomic E-state index is 12.5. The van der Waals surface area contributed by atoms with E-state index in [1.165, 1.54) is 17.7 Å². The van der Waals surface area contributed by atoms with Crippen molar-refractivity contribution in [3.8, 4) is 5.75 Å². The molecule has 1 aromatic carbocycles. The van der Waals surface area contributed by atoms with E-state index in [0.717, 1.165) is 12.0 Å². The predicted molar refractivity (Wildman–Crippen MR) is 104 cm³/mol. The average Bonchev–Trinajstić information content (AvgIpc) is 3.31. The van der Waals surface area contributed by atoms with E-state index >= 15 is 0 Å². The Kier molecular flexibility index (Phi) is 6.27. The van der Waals surface area contributed by atoms with Crippen LogP contribution in [0.3, 0.4) is 0 Å². The molecule has 26 heavy (non-hydrogen) atoms. The third kappa shape index (κ3) is 5.29. The molecule has 1 aromatic heterocycles. The first-order valence-electron chi connectivity index (χ1n) is 9.12. The first-order valence-corrected chi connectivity index (χ1v) is 10.0. The van der Waals surface area contributed by atoms with E-state index in [2.05, 4.69) is 15.2 Å². The van der Waals surface area contributed by atoms with Gasteiger partial charge in [-0.2, -0.15) is 0 Å². The summed E-state index contributed by atoms with van der Waals surface area (Å²) in [4.78, 5) is 20.1. The molecule has 5 nitrogen and oxygen atoms in total. The van der Waals surface area contributed by atoms with Crippen LogP contribution in [0, 0.1) is 5.92 Å². The number of nitrogens with one attached hydrogen (secondary N) is 1. The van der Waals surface area contributed by atoms with Crippen LogP contribution in [0.4, 0.5) is 0 Å². The van der Waals surface area contributed by atoms with Crippen molar-refractivity contribution in [2.45, 2.75) is 37.6 Å². The standard InChI is InChI=1S/C20H27N3O2S/c1-23(2)16(9-14-3-7-17(24)8-4-14)11-22-20(25)10-18(15-5-6-15)19-12-21-13-26-19/h3-4,7-8,12-13,15-16,18,24H,5-6,9-11H2,1-2H3,(H,22,25)/t16-,18-/m0/s1. The Morgan fingerprint density at radius 3 is 2.65 bits per heavy atom. The number of rotatable bonds is 9. The molecule has 0 radical (unpaired) electrons. The molecule has 1 saturated carbocycles. The first-order chi connectivity index (χ1) is 12.5. The number of likely N-dealkylation sites (N-methyl/N-ethyl adjacent to an activating group) is 1. The molecule has 1 amide bonds. The SMILES string of the molecule is CN(C)[C@H](CNC(=O)C[C@H](c1cncs1)C1CC1)Cc1ccc(O)cc1. The molecule has 0 unspecified atom stereocenters. The summed E-state index contributed by atoms with van der Waals surface area (Å²) in [5.41, 5.74) is 3.00. The second-order valence-electron chi connectivity index (χ2n) is 7.34. The number of aromatic nitrogens is 1. The lowest BCUT2D eigenvalue weighted by Gasteiger charge is -2.25. The first kappa shape index (κ1) is 18.9. The van der Waals surface area contributed by atoms with Crippen LogP contribution in [0.1, 0.15) is 35.6 Å². The van der Waals surface area contributed by atoms with Gasteiger partial charge in [-0.3, -0.25) is 9.78 Å². The number of hydrogen-bond acceptors (Lipinski definition) is 5. The Morgan fingerprint density at radius 2 is 2.08 bits per heavy atom. The number of aromatic hydroxyl groups is 1. The number of phenols is 1. The summed E-state index contributed by atoms with van der Waals surface area (Å²) >= 11 is 1.65. The van der Waals surface area contributed by atoms with Crippen molar-refractivity contribution in [2.24, 2.45) is 5.92 Å². The van der Waals surface area contributed by atoms with Crippen LogP contribution in [0.25, 0.3) is 0 Å². The van der Waals surface area contributed by atoms with Gasteiger partial charge in [-0.05, 0) is 57.0 Å². The Balaban J connectivity index is 1.53. The van der Waals surface area contributed by atoms with Crippen LogP contribution in [-0.4, -0.2) is 47.6 Å².